The van der Waals surface area contributed by atoms with Crippen molar-refractivity contribution in [3.8, 4) is 5.75 Å². The van der Waals surface area contributed by atoms with Crippen molar-refractivity contribution < 1.29 is 24.9 Å². The molecule has 5 nitrogen and oxygen atoms in total. The number of rotatable bonds is 2. The molecule has 0 aliphatic heterocycles. The Morgan fingerprint density at radius 1 is 1.09 bits per heavy atom. The van der Waals surface area contributed by atoms with Gasteiger partial charge in [0.25, 0.3) is 0 Å². The van der Waals surface area contributed by atoms with Gasteiger partial charge in [0.2, 0.25) is 0 Å². The van der Waals surface area contributed by atoms with E-state index in [4.69, 9.17) is 10.2 Å². The minimum Gasteiger partial charge on any atom is -0.507 e. The lowest BCUT2D eigenvalue weighted by atomic mass is 9.70. The fraction of sp³-hybridized carbons (Fsp3) is 0.704. The number of carbonyl (C=O) groups is 2. The lowest BCUT2D eigenvalue weighted by molar-refractivity contribution is -0.128. The van der Waals surface area contributed by atoms with Crippen LogP contribution in [0.15, 0.2) is 24.3 Å². The van der Waals surface area contributed by atoms with Gasteiger partial charge < -0.3 is 15.3 Å². The first-order chi connectivity index (χ1) is 14.8. The summed E-state index contributed by atoms with van der Waals surface area (Å²) in [7, 11) is 0. The normalized spacial score (nSPS) is 32.6. The summed E-state index contributed by atoms with van der Waals surface area (Å²) in [5.41, 5.74) is 0.240. The Morgan fingerprint density at radius 3 is 2.06 bits per heavy atom. The summed E-state index contributed by atoms with van der Waals surface area (Å²) < 4.78 is 0. The van der Waals surface area contributed by atoms with Crippen LogP contribution in [0.2, 0.25) is 0 Å². The zero-order chi connectivity index (χ0) is 24.3. The molecule has 0 saturated heterocycles. The van der Waals surface area contributed by atoms with Gasteiger partial charge in [-0.25, -0.2) is 4.79 Å². The number of hydrogen-bond acceptors (Lipinski definition) is 4. The summed E-state index contributed by atoms with van der Waals surface area (Å²) in [6, 6.07) is 5.81. The quantitative estimate of drug-likeness (QED) is 0.523. The monoisotopic (exact) mass is 446 g/mol. The number of carboxylic acid groups (broad SMARTS) is 1. The summed E-state index contributed by atoms with van der Waals surface area (Å²) in [4.78, 5) is 21.8. The number of phenols is 1. The first-order valence-electron chi connectivity index (χ1n) is 12.0. The van der Waals surface area contributed by atoms with E-state index in [0.717, 1.165) is 25.2 Å². The number of carboxylic acids is 1. The third-order valence-corrected chi connectivity index (χ3v) is 8.60. The number of benzene rings is 1. The van der Waals surface area contributed by atoms with Gasteiger partial charge in [-0.05, 0) is 66.9 Å². The topological polar surface area (TPSA) is 94.8 Å². The molecular formula is C27H42O5. The van der Waals surface area contributed by atoms with Gasteiger partial charge >= 0.3 is 5.97 Å². The Labute approximate surface area is 193 Å². The van der Waals surface area contributed by atoms with Crippen LogP contribution in [0.4, 0.5) is 0 Å². The molecule has 0 radical (unpaired) electrons. The van der Waals surface area contributed by atoms with Gasteiger partial charge in [0.1, 0.15) is 17.1 Å². The van der Waals surface area contributed by atoms with Crippen LogP contribution in [0.1, 0.15) is 90.4 Å². The van der Waals surface area contributed by atoms with Crippen molar-refractivity contribution in [3.05, 3.63) is 29.8 Å². The number of carbonyl (C=O) groups excluding carboxylic acids is 1. The van der Waals surface area contributed by atoms with Crippen LogP contribution in [-0.2, 0) is 4.79 Å². The van der Waals surface area contributed by atoms with Crippen LogP contribution < -0.4 is 0 Å². The molecule has 3 aliphatic carbocycles. The Balaban J connectivity index is 0.000000170. The van der Waals surface area contributed by atoms with Gasteiger partial charge in [0, 0.05) is 11.8 Å². The average molecular weight is 447 g/mol. The molecule has 0 spiro atoms. The molecule has 5 unspecified atom stereocenters. The molecule has 3 aliphatic rings. The Hall–Kier alpha value is -1.88. The van der Waals surface area contributed by atoms with Crippen LogP contribution in [0, 0.1) is 34.5 Å². The average Bonchev–Trinajstić information content (AvgIpc) is 3.02. The number of aliphatic hydroxyl groups is 1. The predicted molar refractivity (Wildman–Crippen MR) is 127 cm³/mol. The van der Waals surface area contributed by atoms with E-state index in [1.165, 1.54) is 31.4 Å². The van der Waals surface area contributed by atoms with Gasteiger partial charge in [-0.1, -0.05) is 60.1 Å². The summed E-state index contributed by atoms with van der Waals surface area (Å²) in [6.07, 6.45) is 6.77. The highest BCUT2D eigenvalue weighted by atomic mass is 16.4. The summed E-state index contributed by atoms with van der Waals surface area (Å²) in [6.45, 7) is 13.3. The van der Waals surface area contributed by atoms with Crippen molar-refractivity contribution in [1.82, 2.24) is 0 Å². The smallest absolute Gasteiger partial charge is 0.339 e. The van der Waals surface area contributed by atoms with E-state index in [-0.39, 0.29) is 28.2 Å². The molecule has 0 amide bonds. The molecule has 5 heteroatoms. The predicted octanol–water partition coefficient (Wildman–Crippen LogP) is 5.93. The van der Waals surface area contributed by atoms with Crippen LogP contribution in [-0.4, -0.2) is 33.2 Å². The minimum absolute atomic E-state index is 0.0255. The maximum absolute atomic E-state index is 11.6. The zero-order valence-corrected chi connectivity index (χ0v) is 20.6. The van der Waals surface area contributed by atoms with Crippen molar-refractivity contribution in [1.29, 1.82) is 0 Å². The Bertz CT molecular complexity index is 799. The third-order valence-electron chi connectivity index (χ3n) is 8.60. The van der Waals surface area contributed by atoms with Crippen LogP contribution in [0.3, 0.4) is 0 Å². The minimum atomic E-state index is -1.11. The Kier molecular flexibility index (Phi) is 8.55. The second-order valence-corrected chi connectivity index (χ2v) is 11.1. The van der Waals surface area contributed by atoms with Gasteiger partial charge in [-0.2, -0.15) is 0 Å². The van der Waals surface area contributed by atoms with E-state index in [9.17, 15) is 14.7 Å². The maximum Gasteiger partial charge on any atom is 0.339 e. The van der Waals surface area contributed by atoms with E-state index in [1.54, 1.807) is 12.1 Å². The fourth-order valence-electron chi connectivity index (χ4n) is 5.71. The maximum atomic E-state index is 11.6. The molecule has 32 heavy (non-hydrogen) atoms. The second kappa shape index (κ2) is 10.4. The molecule has 5 atom stereocenters. The largest absolute Gasteiger partial charge is 0.507 e. The van der Waals surface area contributed by atoms with Crippen molar-refractivity contribution in [2.24, 2.45) is 34.5 Å². The summed E-state index contributed by atoms with van der Waals surface area (Å²) in [5, 5.41) is 27.0. The lowest BCUT2D eigenvalue weighted by Gasteiger charge is -2.33. The van der Waals surface area contributed by atoms with Gasteiger partial charge in [0.05, 0.1) is 6.10 Å². The number of aromatic hydroxyl groups is 1. The SMILES string of the molecule is CC12CCC(CC1=O)C2(C)C.CC1CCC(C(C)C)C(O)C1.O=C(O)c1ccccc1O. The van der Waals surface area contributed by atoms with Gasteiger partial charge in [-0.15, -0.1) is 0 Å². The number of para-hydroxylation sites is 1. The lowest BCUT2D eigenvalue weighted by Crippen LogP contribution is -2.32. The highest BCUT2D eigenvalue weighted by Gasteiger charge is 2.61. The zero-order valence-electron chi connectivity index (χ0n) is 20.6. The van der Waals surface area contributed by atoms with E-state index in [2.05, 4.69) is 41.5 Å². The molecule has 3 N–H and O–H groups in total. The molecule has 0 aromatic heterocycles. The summed E-state index contributed by atoms with van der Waals surface area (Å²) in [5.74, 6) is 1.83. The first-order valence-corrected chi connectivity index (χ1v) is 12.0. The van der Waals surface area contributed by atoms with Crippen molar-refractivity contribution in [2.75, 3.05) is 0 Å². The van der Waals surface area contributed by atoms with Gasteiger partial charge in [0.15, 0.2) is 0 Å². The van der Waals surface area contributed by atoms with Crippen molar-refractivity contribution >= 4 is 11.8 Å². The molecule has 1 aromatic rings. The first kappa shape index (κ1) is 26.4. The van der Waals surface area contributed by atoms with Crippen molar-refractivity contribution in [2.45, 2.75) is 86.2 Å². The molecule has 3 fully saturated rings. The molecule has 180 valence electrons. The van der Waals surface area contributed by atoms with Crippen molar-refractivity contribution in [3.63, 3.8) is 0 Å². The van der Waals surface area contributed by atoms with Crippen LogP contribution in [0.5, 0.6) is 5.75 Å². The van der Waals surface area contributed by atoms with E-state index in [1.807, 2.05) is 0 Å². The summed E-state index contributed by atoms with van der Waals surface area (Å²) >= 11 is 0. The molecule has 0 heterocycles. The highest BCUT2D eigenvalue weighted by molar-refractivity contribution is 5.90. The standard InChI is InChI=1S/C10H16O.C10H20O.C7H6O3/c1-9(2)7-4-5-10(9,3)8(11)6-7;1-7(2)9-5-4-8(3)6-10(9)11;8-6-4-2-1-3-5(6)7(9)10/h7H,4-6H2,1-3H3;7-11H,4-6H2,1-3H3;1-4,8H,(H,9,10). The number of Topliss-reactive ketones (excluding diaryl/α,β-unsaturated/α-hetero) is 1. The molecular weight excluding hydrogens is 404 g/mol. The number of ketones is 1. The number of aliphatic hydroxyl groups excluding tert-OH is 1. The van der Waals surface area contributed by atoms with E-state index >= 15 is 0 Å². The van der Waals surface area contributed by atoms with E-state index < -0.39 is 5.97 Å². The van der Waals surface area contributed by atoms with E-state index in [0.29, 0.717) is 23.5 Å². The van der Waals surface area contributed by atoms with Gasteiger partial charge in [-0.3, -0.25) is 4.79 Å². The number of fused-ring (bicyclic) bond motifs is 2. The molecule has 2 bridgehead atoms. The second-order valence-electron chi connectivity index (χ2n) is 11.1. The number of aromatic carboxylic acids is 1. The highest BCUT2D eigenvalue weighted by Crippen LogP contribution is 2.63. The molecule has 3 saturated carbocycles. The third kappa shape index (κ3) is 5.54. The number of hydrogen-bond donors (Lipinski definition) is 3. The van der Waals surface area contributed by atoms with Crippen LogP contribution >= 0.6 is 0 Å². The van der Waals surface area contributed by atoms with Crippen LogP contribution in [0.25, 0.3) is 0 Å². The Morgan fingerprint density at radius 2 is 1.72 bits per heavy atom. The molecule has 1 aromatic carbocycles. The molecule has 4 rings (SSSR count). The fourth-order valence-corrected chi connectivity index (χ4v) is 5.71.